The number of carbonyl (C=O) groups is 1. The number of pyridine rings is 1. The molecule has 0 aliphatic heterocycles. The Kier molecular flexibility index (Phi) is 4.64. The van der Waals surface area contributed by atoms with E-state index in [0.29, 0.717) is 17.9 Å². The number of aryl methyl sites for hydroxylation is 2. The highest BCUT2D eigenvalue weighted by Gasteiger charge is 2.09. The van der Waals surface area contributed by atoms with E-state index in [-0.39, 0.29) is 5.91 Å². The van der Waals surface area contributed by atoms with Crippen LogP contribution in [0, 0.1) is 0 Å². The first-order chi connectivity index (χ1) is 13.3. The molecule has 0 aliphatic rings. The fourth-order valence-corrected chi connectivity index (χ4v) is 2.56. The summed E-state index contributed by atoms with van der Waals surface area (Å²) in [7, 11) is 0. The fourth-order valence-electron chi connectivity index (χ4n) is 2.56. The van der Waals surface area contributed by atoms with Crippen LogP contribution in [0.4, 0.5) is 5.82 Å². The molecule has 1 amide bonds. The van der Waals surface area contributed by atoms with Gasteiger partial charge in [-0.1, -0.05) is 6.07 Å². The van der Waals surface area contributed by atoms with Crippen LogP contribution in [0.2, 0.25) is 0 Å². The van der Waals surface area contributed by atoms with Crippen LogP contribution in [-0.4, -0.2) is 40.9 Å². The molecule has 0 aliphatic carbocycles. The first-order valence-electron chi connectivity index (χ1n) is 8.36. The van der Waals surface area contributed by atoms with E-state index >= 15 is 0 Å². The summed E-state index contributed by atoms with van der Waals surface area (Å²) in [5, 5.41) is 18.2. The van der Waals surface area contributed by atoms with Crippen molar-refractivity contribution < 1.29 is 4.79 Å². The number of nitrogens with one attached hydrogen (secondary N) is 1. The van der Waals surface area contributed by atoms with Gasteiger partial charge < -0.3 is 5.32 Å². The van der Waals surface area contributed by atoms with Crippen molar-refractivity contribution in [3.05, 3.63) is 78.5 Å². The van der Waals surface area contributed by atoms with E-state index in [1.165, 1.54) is 11.0 Å². The van der Waals surface area contributed by atoms with Gasteiger partial charge in [0.05, 0.1) is 5.69 Å². The second-order valence-electron chi connectivity index (χ2n) is 5.79. The topological polar surface area (TPSA) is 103 Å². The zero-order valence-corrected chi connectivity index (χ0v) is 14.3. The molecule has 27 heavy (non-hydrogen) atoms. The number of tetrazole rings is 1. The zero-order valence-electron chi connectivity index (χ0n) is 14.3. The van der Waals surface area contributed by atoms with Crippen molar-refractivity contribution in [2.75, 3.05) is 5.32 Å². The number of anilines is 1. The van der Waals surface area contributed by atoms with E-state index < -0.39 is 0 Å². The molecule has 3 heterocycles. The number of hydrogen-bond acceptors (Lipinski definition) is 6. The standard InChI is InChI=1S/C18H16N8O/c27-18(14-4-6-16(7-5-14)26-13-20-23-24-26)21-17-9-12-25(22-17)11-8-15-3-1-2-10-19-15/h1-7,9-10,12-13H,8,11H2,(H,21,22,27). The van der Waals surface area contributed by atoms with Gasteiger partial charge in [-0.3, -0.25) is 14.5 Å². The molecule has 0 atom stereocenters. The molecule has 9 heteroatoms. The molecule has 0 saturated carbocycles. The van der Waals surface area contributed by atoms with Crippen LogP contribution >= 0.6 is 0 Å². The minimum absolute atomic E-state index is 0.228. The van der Waals surface area contributed by atoms with Crippen LogP contribution in [0.1, 0.15) is 16.1 Å². The molecule has 0 fully saturated rings. The molecule has 0 radical (unpaired) electrons. The quantitative estimate of drug-likeness (QED) is 0.562. The minimum Gasteiger partial charge on any atom is -0.305 e. The highest BCUT2D eigenvalue weighted by molar-refractivity contribution is 6.03. The largest absolute Gasteiger partial charge is 0.305 e. The Labute approximate surface area is 154 Å². The third-order valence-corrected chi connectivity index (χ3v) is 3.95. The lowest BCUT2D eigenvalue weighted by molar-refractivity contribution is 0.102. The van der Waals surface area contributed by atoms with Crippen LogP contribution in [0.3, 0.4) is 0 Å². The predicted molar refractivity (Wildman–Crippen MR) is 97.3 cm³/mol. The minimum atomic E-state index is -0.228. The molecule has 0 spiro atoms. The number of hydrogen-bond donors (Lipinski definition) is 1. The molecule has 4 aromatic rings. The highest BCUT2D eigenvalue weighted by Crippen LogP contribution is 2.11. The normalized spacial score (nSPS) is 10.7. The van der Waals surface area contributed by atoms with E-state index in [1.807, 2.05) is 24.4 Å². The van der Waals surface area contributed by atoms with Crippen molar-refractivity contribution in [3.63, 3.8) is 0 Å². The van der Waals surface area contributed by atoms with Crippen molar-refractivity contribution in [2.45, 2.75) is 13.0 Å². The predicted octanol–water partition coefficient (Wildman–Crippen LogP) is 1.75. The lowest BCUT2D eigenvalue weighted by Crippen LogP contribution is -2.13. The maximum absolute atomic E-state index is 12.4. The van der Waals surface area contributed by atoms with Crippen molar-refractivity contribution in [1.29, 1.82) is 0 Å². The Hall–Kier alpha value is -3.88. The molecule has 134 valence electrons. The van der Waals surface area contributed by atoms with E-state index in [2.05, 4.69) is 30.9 Å². The number of benzene rings is 1. The summed E-state index contributed by atoms with van der Waals surface area (Å²) in [4.78, 5) is 16.7. The van der Waals surface area contributed by atoms with Crippen LogP contribution in [0.25, 0.3) is 5.69 Å². The second kappa shape index (κ2) is 7.56. The molecule has 1 N–H and O–H groups in total. The monoisotopic (exact) mass is 360 g/mol. The van der Waals surface area contributed by atoms with Crippen molar-refractivity contribution in [1.82, 2.24) is 35.0 Å². The molecule has 9 nitrogen and oxygen atoms in total. The summed E-state index contributed by atoms with van der Waals surface area (Å²) >= 11 is 0. The van der Waals surface area contributed by atoms with E-state index in [9.17, 15) is 4.79 Å². The number of aromatic nitrogens is 7. The Morgan fingerprint density at radius 1 is 1.07 bits per heavy atom. The third-order valence-electron chi connectivity index (χ3n) is 3.95. The maximum atomic E-state index is 12.4. The van der Waals surface area contributed by atoms with Gasteiger partial charge in [0.2, 0.25) is 0 Å². The molecule has 4 rings (SSSR count). The lowest BCUT2D eigenvalue weighted by atomic mass is 10.2. The summed E-state index contributed by atoms with van der Waals surface area (Å²) in [5.41, 5.74) is 2.30. The molecule has 3 aromatic heterocycles. The van der Waals surface area contributed by atoms with Crippen LogP contribution in [-0.2, 0) is 13.0 Å². The summed E-state index contributed by atoms with van der Waals surface area (Å²) in [5.74, 6) is 0.277. The Morgan fingerprint density at radius 3 is 2.70 bits per heavy atom. The van der Waals surface area contributed by atoms with E-state index in [1.54, 1.807) is 41.2 Å². The smallest absolute Gasteiger partial charge is 0.256 e. The van der Waals surface area contributed by atoms with Crippen molar-refractivity contribution >= 4 is 11.7 Å². The lowest BCUT2D eigenvalue weighted by Gasteiger charge is -2.04. The fraction of sp³-hybridized carbons (Fsp3) is 0.111. The highest BCUT2D eigenvalue weighted by atomic mass is 16.1. The summed E-state index contributed by atoms with van der Waals surface area (Å²) in [6, 6.07) is 14.6. The molecular weight excluding hydrogens is 344 g/mol. The van der Waals surface area contributed by atoms with E-state index in [4.69, 9.17) is 0 Å². The van der Waals surface area contributed by atoms with Gasteiger partial charge in [-0.25, -0.2) is 4.68 Å². The summed E-state index contributed by atoms with van der Waals surface area (Å²) < 4.78 is 3.30. The van der Waals surface area contributed by atoms with Gasteiger partial charge in [-0.2, -0.15) is 5.10 Å². The van der Waals surface area contributed by atoms with Gasteiger partial charge >= 0.3 is 0 Å². The molecule has 0 bridgehead atoms. The van der Waals surface area contributed by atoms with Crippen molar-refractivity contribution in [2.24, 2.45) is 0 Å². The first-order valence-corrected chi connectivity index (χ1v) is 8.36. The molecule has 0 unspecified atom stereocenters. The number of amides is 1. The SMILES string of the molecule is O=C(Nc1ccn(CCc2ccccn2)n1)c1ccc(-n2cnnn2)cc1. The van der Waals surface area contributed by atoms with E-state index in [0.717, 1.165) is 17.8 Å². The second-order valence-corrected chi connectivity index (χ2v) is 5.79. The summed E-state index contributed by atoms with van der Waals surface area (Å²) in [6.07, 6.45) is 5.87. The van der Waals surface area contributed by atoms with Gasteiger partial charge in [0.1, 0.15) is 6.33 Å². The van der Waals surface area contributed by atoms with Crippen LogP contribution in [0.5, 0.6) is 0 Å². The molecule has 1 aromatic carbocycles. The van der Waals surface area contributed by atoms with Crippen LogP contribution in [0.15, 0.2) is 67.3 Å². The average Bonchev–Trinajstić information content (AvgIpc) is 3.40. The molecule has 0 saturated heterocycles. The van der Waals surface area contributed by atoms with Gasteiger partial charge in [-0.15, -0.1) is 5.10 Å². The van der Waals surface area contributed by atoms with Crippen LogP contribution < -0.4 is 5.32 Å². The van der Waals surface area contributed by atoms with Gasteiger partial charge in [-0.05, 0) is 46.8 Å². The Bertz CT molecular complexity index is 1010. The van der Waals surface area contributed by atoms with Gasteiger partial charge in [0.25, 0.3) is 5.91 Å². The van der Waals surface area contributed by atoms with Gasteiger partial charge in [0.15, 0.2) is 5.82 Å². The van der Waals surface area contributed by atoms with Gasteiger partial charge in [0, 0.05) is 42.7 Å². The Morgan fingerprint density at radius 2 is 1.96 bits per heavy atom. The molecular formula is C18H16N8O. The average molecular weight is 360 g/mol. The number of carbonyl (C=O) groups excluding carboxylic acids is 1. The van der Waals surface area contributed by atoms with Crippen molar-refractivity contribution in [3.8, 4) is 5.69 Å². The Balaban J connectivity index is 1.36. The summed E-state index contributed by atoms with van der Waals surface area (Å²) in [6.45, 7) is 0.688. The third kappa shape index (κ3) is 4.03. The number of nitrogens with zero attached hydrogens (tertiary/aromatic N) is 7. The maximum Gasteiger partial charge on any atom is 0.256 e. The number of rotatable bonds is 6. The zero-order chi connectivity index (χ0) is 18.5. The first kappa shape index (κ1) is 16.6.